The molecule has 0 spiro atoms. The Hall–Kier alpha value is -0.990. The van der Waals surface area contributed by atoms with Crippen molar-refractivity contribution in [2.45, 2.75) is 106 Å². The maximum atomic E-state index is 13.3. The van der Waals surface area contributed by atoms with Crippen LogP contribution >= 0.6 is 0 Å². The summed E-state index contributed by atoms with van der Waals surface area (Å²) in [5.41, 5.74) is 6.39. The molecule has 2 bridgehead atoms. The molecule has 4 fully saturated rings. The van der Waals surface area contributed by atoms with E-state index in [-0.39, 0.29) is 45.2 Å². The van der Waals surface area contributed by atoms with Crippen LogP contribution in [-0.2, 0) is 19.0 Å². The van der Waals surface area contributed by atoms with E-state index in [2.05, 4.69) is 59.9 Å². The standard InChI is InChI=1S/C36H62N2O5/c1-23(2)24(3)32(4)14-15-34(6)25-10-11-28-33(5)21-42-22-36(28,26(25)12-13-35(34,7)29(32)31(39)40)20-27(41-8)30(33)43-19-18-38-17-9-16-37/h12,23-25,27-30,38H,9-11,13-22,37H2,1-8H3,(H,39,40)/t24-,25+,27-,28+,29-,30+,32-,33+,34-,35+,36-/m1/s1. The lowest BCUT2D eigenvalue weighted by Gasteiger charge is -2.71. The van der Waals surface area contributed by atoms with Crippen molar-refractivity contribution in [3.63, 3.8) is 0 Å². The first kappa shape index (κ1) is 33.4. The normalized spacial score (nSPS) is 46.4. The van der Waals surface area contributed by atoms with E-state index in [1.54, 1.807) is 5.57 Å². The number of aliphatic carboxylic acids is 1. The van der Waals surface area contributed by atoms with Gasteiger partial charge in [0, 0.05) is 24.5 Å². The third-order valence-corrected chi connectivity index (χ3v) is 14.5. The number of ether oxygens (including phenoxy) is 3. The number of fused-ring (bicyclic) bond motifs is 3. The van der Waals surface area contributed by atoms with Gasteiger partial charge in [-0.3, -0.25) is 4.79 Å². The Bertz CT molecular complexity index is 1060. The maximum absolute atomic E-state index is 13.3. The third-order valence-electron chi connectivity index (χ3n) is 14.5. The number of hydrogen-bond donors (Lipinski definition) is 3. The molecule has 7 heteroatoms. The highest BCUT2D eigenvalue weighted by atomic mass is 16.5. The van der Waals surface area contributed by atoms with E-state index in [0.29, 0.717) is 43.4 Å². The first-order valence-corrected chi connectivity index (χ1v) is 17.3. The van der Waals surface area contributed by atoms with Gasteiger partial charge in [0.2, 0.25) is 0 Å². The predicted molar refractivity (Wildman–Crippen MR) is 171 cm³/mol. The first-order valence-electron chi connectivity index (χ1n) is 17.3. The lowest BCUT2D eigenvalue weighted by Crippen LogP contribution is -2.70. The topological polar surface area (TPSA) is 103 Å². The SMILES string of the molecule is CO[C@@H]1C[C@]23COC[C@@](C)([C@@H]2CC[C@H]2C3=CC[C@@]3(C)[C@H](C(=O)O)[C@@](C)([C@H](C)C(C)C)CC[C@]23C)[C@H]1OCCNCCCN. The Kier molecular flexibility index (Phi) is 9.30. The van der Waals surface area contributed by atoms with Crippen LogP contribution < -0.4 is 11.1 Å². The van der Waals surface area contributed by atoms with Crippen LogP contribution in [0.3, 0.4) is 0 Å². The van der Waals surface area contributed by atoms with Gasteiger partial charge in [0.25, 0.3) is 0 Å². The largest absolute Gasteiger partial charge is 0.481 e. The van der Waals surface area contributed by atoms with Gasteiger partial charge < -0.3 is 30.4 Å². The molecule has 0 aromatic heterocycles. The summed E-state index contributed by atoms with van der Waals surface area (Å²) in [5.74, 6) is 0.662. The van der Waals surface area contributed by atoms with Crippen LogP contribution in [0, 0.1) is 56.7 Å². The summed E-state index contributed by atoms with van der Waals surface area (Å²) in [6.07, 6.45) is 9.52. The summed E-state index contributed by atoms with van der Waals surface area (Å²) in [6, 6.07) is 0. The molecule has 3 saturated carbocycles. The molecule has 1 heterocycles. The van der Waals surface area contributed by atoms with Crippen molar-refractivity contribution in [2.24, 2.45) is 62.4 Å². The Morgan fingerprint density at radius 3 is 2.51 bits per heavy atom. The highest BCUT2D eigenvalue weighted by Crippen LogP contribution is 2.75. The van der Waals surface area contributed by atoms with E-state index < -0.39 is 5.97 Å². The summed E-state index contributed by atoms with van der Waals surface area (Å²) in [6.45, 7) is 20.8. The summed E-state index contributed by atoms with van der Waals surface area (Å²) in [7, 11) is 1.85. The van der Waals surface area contributed by atoms with Crippen molar-refractivity contribution in [1.29, 1.82) is 0 Å². The van der Waals surface area contributed by atoms with Crippen LogP contribution in [-0.4, -0.2) is 69.8 Å². The van der Waals surface area contributed by atoms with E-state index in [4.69, 9.17) is 19.9 Å². The second-order valence-electron chi connectivity index (χ2n) is 16.5. The molecule has 0 radical (unpaired) electrons. The van der Waals surface area contributed by atoms with Crippen molar-refractivity contribution in [3.05, 3.63) is 11.6 Å². The fourth-order valence-corrected chi connectivity index (χ4v) is 11.7. The Morgan fingerprint density at radius 2 is 1.86 bits per heavy atom. The number of carboxylic acids is 1. The van der Waals surface area contributed by atoms with E-state index in [9.17, 15) is 9.90 Å². The van der Waals surface area contributed by atoms with Crippen LogP contribution in [0.1, 0.15) is 93.4 Å². The number of carboxylic acid groups (broad SMARTS) is 1. The van der Waals surface area contributed by atoms with Gasteiger partial charge in [-0.15, -0.1) is 0 Å². The number of nitrogens with one attached hydrogen (secondary N) is 1. The average Bonchev–Trinajstić information content (AvgIpc) is 2.95. The van der Waals surface area contributed by atoms with Crippen molar-refractivity contribution >= 4 is 5.97 Å². The van der Waals surface area contributed by atoms with E-state index >= 15 is 0 Å². The maximum Gasteiger partial charge on any atom is 0.307 e. The quantitative estimate of drug-likeness (QED) is 0.199. The second-order valence-corrected chi connectivity index (χ2v) is 16.5. The van der Waals surface area contributed by atoms with Crippen LogP contribution in [0.25, 0.3) is 0 Å². The molecule has 5 rings (SSSR count). The van der Waals surface area contributed by atoms with Crippen molar-refractivity contribution in [2.75, 3.05) is 46.6 Å². The van der Waals surface area contributed by atoms with Gasteiger partial charge in [0.05, 0.1) is 37.9 Å². The lowest BCUT2D eigenvalue weighted by molar-refractivity contribution is -0.266. The zero-order valence-electron chi connectivity index (χ0n) is 28.5. The number of methoxy groups -OCH3 is 1. The van der Waals surface area contributed by atoms with Crippen LogP contribution in [0.5, 0.6) is 0 Å². The van der Waals surface area contributed by atoms with Crippen molar-refractivity contribution in [1.82, 2.24) is 5.32 Å². The van der Waals surface area contributed by atoms with Gasteiger partial charge in [-0.1, -0.05) is 60.1 Å². The monoisotopic (exact) mass is 602 g/mol. The number of allylic oxidation sites excluding steroid dienone is 1. The summed E-state index contributed by atoms with van der Waals surface area (Å²) in [5, 5.41) is 14.4. The minimum absolute atomic E-state index is 0.00302. The molecule has 5 aliphatic rings. The molecule has 246 valence electrons. The summed E-state index contributed by atoms with van der Waals surface area (Å²) >= 11 is 0. The van der Waals surface area contributed by atoms with Gasteiger partial charge in [0.1, 0.15) is 0 Å². The minimum Gasteiger partial charge on any atom is -0.481 e. The minimum atomic E-state index is -0.602. The molecular weight excluding hydrogens is 540 g/mol. The zero-order chi connectivity index (χ0) is 31.4. The molecule has 0 unspecified atom stereocenters. The predicted octanol–water partition coefficient (Wildman–Crippen LogP) is 5.91. The van der Waals surface area contributed by atoms with Crippen molar-refractivity contribution in [3.8, 4) is 0 Å². The summed E-state index contributed by atoms with van der Waals surface area (Å²) < 4.78 is 19.5. The van der Waals surface area contributed by atoms with Gasteiger partial charge in [-0.25, -0.2) is 0 Å². The van der Waals surface area contributed by atoms with Crippen LogP contribution in [0.2, 0.25) is 0 Å². The smallest absolute Gasteiger partial charge is 0.307 e. The highest BCUT2D eigenvalue weighted by molar-refractivity contribution is 5.73. The molecule has 0 amide bonds. The van der Waals surface area contributed by atoms with Crippen molar-refractivity contribution < 1.29 is 24.1 Å². The number of nitrogens with two attached hydrogens (primary N) is 1. The van der Waals surface area contributed by atoms with Gasteiger partial charge >= 0.3 is 5.97 Å². The van der Waals surface area contributed by atoms with Crippen LogP contribution in [0.4, 0.5) is 0 Å². The lowest BCUT2D eigenvalue weighted by atomic mass is 9.34. The third kappa shape index (κ3) is 4.89. The number of rotatable bonds is 11. The molecule has 7 nitrogen and oxygen atoms in total. The first-order chi connectivity index (χ1) is 20.3. The fraction of sp³-hybridized carbons (Fsp3) is 0.917. The molecule has 1 saturated heterocycles. The van der Waals surface area contributed by atoms with E-state index in [1.165, 1.54) is 0 Å². The van der Waals surface area contributed by atoms with E-state index in [1.807, 2.05) is 7.11 Å². The number of carbonyl (C=O) groups is 1. The Balaban J connectivity index is 1.48. The van der Waals surface area contributed by atoms with Crippen LogP contribution in [0.15, 0.2) is 11.6 Å². The van der Waals surface area contributed by atoms with E-state index in [0.717, 1.165) is 64.6 Å². The molecule has 4 aliphatic carbocycles. The molecular formula is C36H62N2O5. The molecule has 0 aromatic carbocycles. The van der Waals surface area contributed by atoms with Gasteiger partial charge in [0.15, 0.2) is 0 Å². The highest BCUT2D eigenvalue weighted by Gasteiger charge is 2.71. The zero-order valence-corrected chi connectivity index (χ0v) is 28.5. The molecule has 11 atom stereocenters. The fourth-order valence-electron chi connectivity index (χ4n) is 11.7. The second kappa shape index (κ2) is 12.0. The van der Waals surface area contributed by atoms with Gasteiger partial charge in [-0.05, 0) is 98.0 Å². The molecule has 4 N–H and O–H groups in total. The molecule has 1 aliphatic heterocycles. The Labute approximate surface area is 261 Å². The molecule has 43 heavy (non-hydrogen) atoms. The number of hydrogen-bond acceptors (Lipinski definition) is 6. The summed E-state index contributed by atoms with van der Waals surface area (Å²) in [4.78, 5) is 13.3. The van der Waals surface area contributed by atoms with Gasteiger partial charge in [-0.2, -0.15) is 0 Å². The average molecular weight is 603 g/mol. The Morgan fingerprint density at radius 1 is 1.12 bits per heavy atom. The molecule has 0 aromatic rings.